The Labute approximate surface area is 83.9 Å². The number of carbonyl (C=O) groups excluding carboxylic acids is 1. The summed E-state index contributed by atoms with van der Waals surface area (Å²) >= 11 is 0. The lowest BCUT2D eigenvalue weighted by Gasteiger charge is -2.23. The Morgan fingerprint density at radius 1 is 1.29 bits per heavy atom. The van der Waals surface area contributed by atoms with Crippen LogP contribution in [0.1, 0.15) is 31.9 Å². The maximum atomic E-state index is 11.2. The van der Waals surface area contributed by atoms with Gasteiger partial charge in [0.05, 0.1) is 6.42 Å². The van der Waals surface area contributed by atoms with Crippen LogP contribution in [0, 0.1) is 5.41 Å². The van der Waals surface area contributed by atoms with Crippen molar-refractivity contribution in [2.75, 3.05) is 0 Å². The SMILES string of the molecule is CC1(C)CC(=O)OC1c1ccccc1. The fraction of sp³-hybridized carbons (Fsp3) is 0.417. The number of benzene rings is 1. The van der Waals surface area contributed by atoms with Crippen LogP contribution < -0.4 is 0 Å². The van der Waals surface area contributed by atoms with Crippen LogP contribution in [0.4, 0.5) is 0 Å². The molecule has 74 valence electrons. The van der Waals surface area contributed by atoms with E-state index >= 15 is 0 Å². The van der Waals surface area contributed by atoms with Crippen LogP contribution in [0.15, 0.2) is 30.3 Å². The Hall–Kier alpha value is -1.31. The van der Waals surface area contributed by atoms with Crippen molar-refractivity contribution in [1.29, 1.82) is 0 Å². The molecule has 0 aliphatic carbocycles. The maximum absolute atomic E-state index is 11.2. The van der Waals surface area contributed by atoms with Gasteiger partial charge in [-0.2, -0.15) is 0 Å². The number of hydrogen-bond acceptors (Lipinski definition) is 2. The summed E-state index contributed by atoms with van der Waals surface area (Å²) in [5.74, 6) is -0.0937. The Kier molecular flexibility index (Phi) is 2.06. The van der Waals surface area contributed by atoms with E-state index < -0.39 is 0 Å². The van der Waals surface area contributed by atoms with E-state index in [2.05, 4.69) is 13.8 Å². The normalized spacial score (nSPS) is 24.7. The predicted octanol–water partition coefficient (Wildman–Crippen LogP) is 2.70. The first kappa shape index (κ1) is 9.25. The van der Waals surface area contributed by atoms with Crippen molar-refractivity contribution in [3.63, 3.8) is 0 Å². The molecule has 1 aliphatic rings. The van der Waals surface area contributed by atoms with Gasteiger partial charge in [-0.1, -0.05) is 44.2 Å². The van der Waals surface area contributed by atoms with Gasteiger partial charge >= 0.3 is 5.97 Å². The highest BCUT2D eigenvalue weighted by molar-refractivity contribution is 5.73. The summed E-state index contributed by atoms with van der Waals surface area (Å²) in [6, 6.07) is 9.92. The second-order valence-electron chi connectivity index (χ2n) is 4.45. The van der Waals surface area contributed by atoms with Gasteiger partial charge in [-0.3, -0.25) is 4.79 Å². The fourth-order valence-electron chi connectivity index (χ4n) is 1.94. The Morgan fingerprint density at radius 2 is 1.93 bits per heavy atom. The smallest absolute Gasteiger partial charge is 0.307 e. The predicted molar refractivity (Wildman–Crippen MR) is 53.7 cm³/mol. The monoisotopic (exact) mass is 190 g/mol. The van der Waals surface area contributed by atoms with E-state index in [1.54, 1.807) is 0 Å². The Morgan fingerprint density at radius 3 is 2.43 bits per heavy atom. The van der Waals surface area contributed by atoms with E-state index in [-0.39, 0.29) is 17.5 Å². The highest BCUT2D eigenvalue weighted by Crippen LogP contribution is 2.44. The van der Waals surface area contributed by atoms with Crippen LogP contribution in [0.2, 0.25) is 0 Å². The summed E-state index contributed by atoms with van der Waals surface area (Å²) < 4.78 is 5.32. The molecule has 1 aliphatic heterocycles. The van der Waals surface area contributed by atoms with Crippen molar-refractivity contribution in [1.82, 2.24) is 0 Å². The van der Waals surface area contributed by atoms with Crippen molar-refractivity contribution in [2.45, 2.75) is 26.4 Å². The quantitative estimate of drug-likeness (QED) is 0.636. The van der Waals surface area contributed by atoms with Crippen LogP contribution in [0.5, 0.6) is 0 Å². The molecule has 1 heterocycles. The van der Waals surface area contributed by atoms with Gasteiger partial charge in [-0.05, 0) is 5.56 Å². The van der Waals surface area contributed by atoms with Gasteiger partial charge in [0.15, 0.2) is 0 Å². The van der Waals surface area contributed by atoms with Gasteiger partial charge in [0.25, 0.3) is 0 Å². The first-order valence-corrected chi connectivity index (χ1v) is 4.84. The minimum Gasteiger partial charge on any atom is -0.457 e. The number of cyclic esters (lactones) is 1. The number of esters is 1. The van der Waals surface area contributed by atoms with E-state index in [1.807, 2.05) is 30.3 Å². The van der Waals surface area contributed by atoms with Crippen LogP contribution in [-0.2, 0) is 9.53 Å². The summed E-state index contributed by atoms with van der Waals surface area (Å²) in [4.78, 5) is 11.2. The average molecular weight is 190 g/mol. The topological polar surface area (TPSA) is 26.3 Å². The minimum absolute atomic E-state index is 0.0849. The van der Waals surface area contributed by atoms with Crippen LogP contribution >= 0.6 is 0 Å². The number of rotatable bonds is 1. The molecule has 0 radical (unpaired) electrons. The van der Waals surface area contributed by atoms with Crippen molar-refractivity contribution in [2.24, 2.45) is 5.41 Å². The maximum Gasteiger partial charge on any atom is 0.307 e. The summed E-state index contributed by atoms with van der Waals surface area (Å²) in [5.41, 5.74) is 1.00. The number of carbonyl (C=O) groups is 1. The molecule has 1 atom stereocenters. The molecular weight excluding hydrogens is 176 g/mol. The van der Waals surface area contributed by atoms with E-state index in [0.29, 0.717) is 6.42 Å². The third-order valence-corrected chi connectivity index (χ3v) is 2.66. The van der Waals surface area contributed by atoms with Crippen molar-refractivity contribution in [3.05, 3.63) is 35.9 Å². The summed E-state index contributed by atoms with van der Waals surface area (Å²) in [7, 11) is 0. The lowest BCUT2D eigenvalue weighted by atomic mass is 9.82. The number of hydrogen-bond donors (Lipinski definition) is 0. The van der Waals surface area contributed by atoms with Crippen LogP contribution in [0.3, 0.4) is 0 Å². The van der Waals surface area contributed by atoms with E-state index in [9.17, 15) is 4.79 Å². The highest BCUT2D eigenvalue weighted by Gasteiger charge is 2.42. The van der Waals surface area contributed by atoms with Gasteiger partial charge in [0.1, 0.15) is 6.10 Å². The number of ether oxygens (including phenoxy) is 1. The Bertz CT molecular complexity index is 341. The zero-order valence-electron chi connectivity index (χ0n) is 8.49. The van der Waals surface area contributed by atoms with E-state index in [0.717, 1.165) is 5.56 Å². The molecule has 1 aromatic carbocycles. The molecule has 2 rings (SSSR count). The van der Waals surface area contributed by atoms with Gasteiger partial charge in [-0.25, -0.2) is 0 Å². The molecule has 0 saturated carbocycles. The van der Waals surface area contributed by atoms with E-state index in [4.69, 9.17) is 4.74 Å². The van der Waals surface area contributed by atoms with E-state index in [1.165, 1.54) is 0 Å². The molecule has 1 saturated heterocycles. The first-order chi connectivity index (χ1) is 6.59. The summed E-state index contributed by atoms with van der Waals surface area (Å²) in [6.07, 6.45) is 0.420. The third-order valence-electron chi connectivity index (χ3n) is 2.66. The lowest BCUT2D eigenvalue weighted by molar-refractivity contribution is -0.142. The zero-order valence-corrected chi connectivity index (χ0v) is 8.49. The van der Waals surface area contributed by atoms with Gasteiger partial charge < -0.3 is 4.74 Å². The van der Waals surface area contributed by atoms with Gasteiger partial charge in [0, 0.05) is 5.41 Å². The molecular formula is C12H14O2. The molecule has 14 heavy (non-hydrogen) atoms. The first-order valence-electron chi connectivity index (χ1n) is 4.84. The Balaban J connectivity index is 2.32. The fourth-order valence-corrected chi connectivity index (χ4v) is 1.94. The second-order valence-corrected chi connectivity index (χ2v) is 4.45. The van der Waals surface area contributed by atoms with Gasteiger partial charge in [-0.15, -0.1) is 0 Å². The molecule has 0 N–H and O–H groups in total. The third kappa shape index (κ3) is 1.52. The van der Waals surface area contributed by atoms with Crippen molar-refractivity contribution >= 4 is 5.97 Å². The van der Waals surface area contributed by atoms with Crippen LogP contribution in [0.25, 0.3) is 0 Å². The molecule has 1 aromatic rings. The molecule has 1 unspecified atom stereocenters. The van der Waals surface area contributed by atoms with Crippen LogP contribution in [-0.4, -0.2) is 5.97 Å². The summed E-state index contributed by atoms with van der Waals surface area (Å²) in [5, 5.41) is 0. The van der Waals surface area contributed by atoms with Gasteiger partial charge in [0.2, 0.25) is 0 Å². The second kappa shape index (κ2) is 3.12. The zero-order chi connectivity index (χ0) is 10.2. The largest absolute Gasteiger partial charge is 0.457 e. The molecule has 0 spiro atoms. The molecule has 1 fully saturated rings. The lowest BCUT2D eigenvalue weighted by Crippen LogP contribution is -2.16. The average Bonchev–Trinajstić information content (AvgIpc) is 2.41. The molecule has 0 aromatic heterocycles. The minimum atomic E-state index is -0.0937. The summed E-state index contributed by atoms with van der Waals surface area (Å²) in [6.45, 7) is 4.13. The standard InChI is InChI=1S/C12H14O2/c1-12(2)8-10(13)14-11(12)9-6-4-3-5-7-9/h3-7,11H,8H2,1-2H3. The van der Waals surface area contributed by atoms with Crippen molar-refractivity contribution < 1.29 is 9.53 Å². The highest BCUT2D eigenvalue weighted by atomic mass is 16.6. The molecule has 2 nitrogen and oxygen atoms in total. The van der Waals surface area contributed by atoms with Crippen molar-refractivity contribution in [3.8, 4) is 0 Å². The molecule has 2 heteroatoms. The molecule has 0 bridgehead atoms. The molecule has 0 amide bonds.